The number of carbonyl (C=O) groups is 1. The van der Waals surface area contributed by atoms with Gasteiger partial charge in [0.25, 0.3) is 0 Å². The van der Waals surface area contributed by atoms with E-state index >= 15 is 0 Å². The van der Waals surface area contributed by atoms with Gasteiger partial charge in [0.05, 0.1) is 18.4 Å². The molecule has 8 nitrogen and oxygen atoms in total. The van der Waals surface area contributed by atoms with Gasteiger partial charge in [-0.1, -0.05) is 0 Å². The molecule has 1 aromatic rings. The summed E-state index contributed by atoms with van der Waals surface area (Å²) < 4.78 is 2.05. The number of hydrogen-bond donors (Lipinski definition) is 2. The van der Waals surface area contributed by atoms with Crippen molar-refractivity contribution in [3.05, 3.63) is 11.9 Å². The normalized spacial score (nSPS) is 19.0. The number of rotatable bonds is 4. The predicted molar refractivity (Wildman–Crippen MR) is 91.5 cm³/mol. The first-order chi connectivity index (χ1) is 10.9. The lowest BCUT2D eigenvalue weighted by molar-refractivity contribution is -0.132. The van der Waals surface area contributed by atoms with Gasteiger partial charge in [-0.2, -0.15) is 0 Å². The van der Waals surface area contributed by atoms with Crippen molar-refractivity contribution < 1.29 is 4.79 Å². The zero-order valence-corrected chi connectivity index (χ0v) is 14.6. The highest BCUT2D eigenvalue weighted by molar-refractivity contribution is 5.81. The molecular weight excluding hydrogens is 294 g/mol. The molecule has 0 radical (unpaired) electrons. The third-order valence-electron chi connectivity index (χ3n) is 4.09. The van der Waals surface area contributed by atoms with Crippen LogP contribution in [0.25, 0.3) is 0 Å². The number of aliphatic imine (C=N–C) groups is 1. The molecule has 2 heterocycles. The summed E-state index contributed by atoms with van der Waals surface area (Å²) in [5.41, 5.74) is 1.08. The molecule has 128 valence electrons. The summed E-state index contributed by atoms with van der Waals surface area (Å²) in [6.07, 6.45) is 3.28. The van der Waals surface area contributed by atoms with Gasteiger partial charge in [0.1, 0.15) is 0 Å². The van der Waals surface area contributed by atoms with E-state index in [0.29, 0.717) is 19.5 Å². The van der Waals surface area contributed by atoms with Gasteiger partial charge in [-0.3, -0.25) is 9.79 Å². The van der Waals surface area contributed by atoms with Crippen molar-refractivity contribution in [2.24, 2.45) is 12.0 Å². The molecule has 23 heavy (non-hydrogen) atoms. The molecule has 0 aliphatic carbocycles. The van der Waals surface area contributed by atoms with Crippen molar-refractivity contribution >= 4 is 17.8 Å². The monoisotopic (exact) mass is 321 g/mol. The van der Waals surface area contributed by atoms with E-state index in [1.165, 1.54) is 0 Å². The second-order valence-electron chi connectivity index (χ2n) is 6.08. The molecule has 2 N–H and O–H groups in total. The minimum atomic E-state index is 0.206. The number of nitrogens with one attached hydrogen (secondary N) is 2. The quantitative estimate of drug-likeness (QED) is 0.592. The maximum Gasteiger partial charge on any atom is 0.222 e. The fourth-order valence-electron chi connectivity index (χ4n) is 2.71. The van der Waals surface area contributed by atoms with Crippen LogP contribution in [0.1, 0.15) is 18.5 Å². The molecule has 1 aromatic heterocycles. The molecule has 1 unspecified atom stereocenters. The number of likely N-dealkylation sites (tertiary alicyclic amines) is 1. The Labute approximate surface area is 137 Å². The number of guanidine groups is 1. The van der Waals surface area contributed by atoms with Crippen molar-refractivity contribution in [3.8, 4) is 0 Å². The first-order valence-corrected chi connectivity index (χ1v) is 7.81. The van der Waals surface area contributed by atoms with Crippen LogP contribution in [0.4, 0.5) is 5.95 Å². The first kappa shape index (κ1) is 17.1. The molecule has 1 aliphatic rings. The Morgan fingerprint density at radius 1 is 1.48 bits per heavy atom. The van der Waals surface area contributed by atoms with Gasteiger partial charge in [-0.05, 0) is 6.42 Å². The van der Waals surface area contributed by atoms with Gasteiger partial charge >= 0.3 is 0 Å². The minimum Gasteiger partial charge on any atom is -0.352 e. The van der Waals surface area contributed by atoms with Crippen LogP contribution < -0.4 is 15.5 Å². The average Bonchev–Trinajstić information content (AvgIpc) is 2.88. The van der Waals surface area contributed by atoms with E-state index in [1.54, 1.807) is 11.9 Å². The number of amides is 1. The van der Waals surface area contributed by atoms with Crippen molar-refractivity contribution in [3.63, 3.8) is 0 Å². The molecule has 0 aromatic carbocycles. The zero-order chi connectivity index (χ0) is 17.0. The van der Waals surface area contributed by atoms with Crippen molar-refractivity contribution in [2.75, 3.05) is 39.6 Å². The molecule has 2 rings (SSSR count). The molecule has 8 heteroatoms. The molecule has 0 bridgehead atoms. The summed E-state index contributed by atoms with van der Waals surface area (Å²) in [5.74, 6) is 1.86. The second-order valence-corrected chi connectivity index (χ2v) is 6.08. The van der Waals surface area contributed by atoms with E-state index in [4.69, 9.17) is 0 Å². The third-order valence-corrected chi connectivity index (χ3v) is 4.09. The second kappa shape index (κ2) is 7.34. The average molecular weight is 321 g/mol. The lowest BCUT2D eigenvalue weighted by Gasteiger charge is -2.31. The third kappa shape index (κ3) is 4.14. The van der Waals surface area contributed by atoms with Crippen LogP contribution >= 0.6 is 0 Å². The molecule has 1 amide bonds. The molecule has 1 fully saturated rings. The Balaban J connectivity index is 1.90. The number of likely N-dealkylation sites (N-methyl/N-ethyl adjacent to an activating group) is 1. The topological polar surface area (TPSA) is 77.8 Å². The maximum absolute atomic E-state index is 11.5. The van der Waals surface area contributed by atoms with Crippen LogP contribution in [0.5, 0.6) is 0 Å². The summed E-state index contributed by atoms with van der Waals surface area (Å²) >= 11 is 0. The van der Waals surface area contributed by atoms with E-state index in [1.807, 2.05) is 43.9 Å². The Morgan fingerprint density at radius 2 is 2.22 bits per heavy atom. The number of nitrogens with zero attached hydrogens (tertiary/aromatic N) is 5. The largest absolute Gasteiger partial charge is 0.352 e. The standard InChI is InChI=1S/C15H27N7O/c1-16-14(19-11-6-7-13(23)21(4)10-11)17-8-12-9-18-15(20(2)3)22(12)5/h9,11H,6-8,10H2,1-5H3,(H2,16,17,19). The van der Waals surface area contributed by atoms with Crippen LogP contribution in [-0.4, -0.2) is 67.1 Å². The van der Waals surface area contributed by atoms with E-state index in [2.05, 4.69) is 20.6 Å². The Bertz CT molecular complexity index is 578. The van der Waals surface area contributed by atoms with Crippen LogP contribution in [-0.2, 0) is 18.4 Å². The van der Waals surface area contributed by atoms with Crippen LogP contribution in [0.2, 0.25) is 0 Å². The van der Waals surface area contributed by atoms with E-state index in [9.17, 15) is 4.79 Å². The fraction of sp³-hybridized carbons (Fsp3) is 0.667. The number of aromatic nitrogens is 2. The molecule has 1 aliphatic heterocycles. The molecule has 1 saturated heterocycles. The van der Waals surface area contributed by atoms with Crippen molar-refractivity contribution in [1.29, 1.82) is 0 Å². The number of imidazole rings is 1. The van der Waals surface area contributed by atoms with Gasteiger partial charge in [-0.15, -0.1) is 0 Å². The lowest BCUT2D eigenvalue weighted by Crippen LogP contribution is -2.51. The SMILES string of the molecule is CN=C(NCc1cnc(N(C)C)n1C)NC1CCC(=O)N(C)C1. The van der Waals surface area contributed by atoms with Crippen LogP contribution in [0.3, 0.4) is 0 Å². The molecule has 0 saturated carbocycles. The number of anilines is 1. The summed E-state index contributed by atoms with van der Waals surface area (Å²) in [6, 6.07) is 0.229. The molecule has 1 atom stereocenters. The van der Waals surface area contributed by atoms with Crippen LogP contribution in [0.15, 0.2) is 11.2 Å². The number of carbonyl (C=O) groups excluding carboxylic acids is 1. The fourth-order valence-corrected chi connectivity index (χ4v) is 2.71. The number of piperidine rings is 1. The summed E-state index contributed by atoms with van der Waals surface area (Å²) in [7, 11) is 9.53. The zero-order valence-electron chi connectivity index (χ0n) is 14.6. The number of hydrogen-bond acceptors (Lipinski definition) is 4. The van der Waals surface area contributed by atoms with E-state index in [-0.39, 0.29) is 11.9 Å². The highest BCUT2D eigenvalue weighted by Gasteiger charge is 2.23. The lowest BCUT2D eigenvalue weighted by atomic mass is 10.1. The summed E-state index contributed by atoms with van der Waals surface area (Å²) in [5, 5.41) is 6.69. The Hall–Kier alpha value is -2.25. The van der Waals surface area contributed by atoms with Gasteiger partial charge in [-0.25, -0.2) is 4.98 Å². The van der Waals surface area contributed by atoms with E-state index < -0.39 is 0 Å². The van der Waals surface area contributed by atoms with Gasteiger partial charge in [0, 0.05) is 54.2 Å². The van der Waals surface area contributed by atoms with E-state index in [0.717, 1.165) is 24.0 Å². The minimum absolute atomic E-state index is 0.206. The highest BCUT2D eigenvalue weighted by Crippen LogP contribution is 2.11. The highest BCUT2D eigenvalue weighted by atomic mass is 16.2. The maximum atomic E-state index is 11.5. The van der Waals surface area contributed by atoms with Gasteiger partial charge < -0.3 is 25.0 Å². The Kier molecular flexibility index (Phi) is 5.46. The summed E-state index contributed by atoms with van der Waals surface area (Å²) in [6.45, 7) is 1.34. The first-order valence-electron chi connectivity index (χ1n) is 7.81. The van der Waals surface area contributed by atoms with Gasteiger partial charge in [0.2, 0.25) is 11.9 Å². The Morgan fingerprint density at radius 3 is 2.78 bits per heavy atom. The smallest absolute Gasteiger partial charge is 0.222 e. The predicted octanol–water partition coefficient (Wildman–Crippen LogP) is -0.228. The van der Waals surface area contributed by atoms with Crippen molar-refractivity contribution in [1.82, 2.24) is 25.1 Å². The summed E-state index contributed by atoms with van der Waals surface area (Å²) in [4.78, 5) is 23.9. The molecular formula is C15H27N7O. The van der Waals surface area contributed by atoms with Crippen LogP contribution in [0, 0.1) is 0 Å². The van der Waals surface area contributed by atoms with Gasteiger partial charge in [0.15, 0.2) is 5.96 Å². The molecule has 0 spiro atoms. The van der Waals surface area contributed by atoms with Crippen molar-refractivity contribution in [2.45, 2.75) is 25.4 Å².